The van der Waals surface area contributed by atoms with Crippen LogP contribution in [0.3, 0.4) is 0 Å². The Balaban J connectivity index is 1.36. The molecule has 7 nitrogen and oxygen atoms in total. The van der Waals surface area contributed by atoms with Gasteiger partial charge < -0.3 is 4.90 Å². The lowest BCUT2D eigenvalue weighted by molar-refractivity contribution is 0.249. The van der Waals surface area contributed by atoms with Gasteiger partial charge in [-0.2, -0.15) is 5.10 Å². The van der Waals surface area contributed by atoms with Crippen molar-refractivity contribution in [2.24, 2.45) is 0 Å². The largest absolute Gasteiger partial charge is 0.354 e. The monoisotopic (exact) mass is 363 g/mol. The number of aromatic nitrogens is 5. The van der Waals surface area contributed by atoms with E-state index in [9.17, 15) is 0 Å². The van der Waals surface area contributed by atoms with Crippen LogP contribution in [0.25, 0.3) is 5.69 Å². The minimum absolute atomic E-state index is 0.845. The first kappa shape index (κ1) is 17.6. The molecule has 3 heterocycles. The Morgan fingerprint density at radius 3 is 2.48 bits per heavy atom. The van der Waals surface area contributed by atoms with Crippen molar-refractivity contribution in [3.8, 4) is 5.69 Å². The standard InChI is InChI=1S/C20H25N7/c1-3-18-12-22-16(2)24-20(18)26-10-8-25(9-11-26)13-17-4-6-19(7-5-17)27-15-21-14-23-27/h4-7,12,14-15H,3,8-11,13H2,1-2H3. The molecule has 1 aliphatic heterocycles. The summed E-state index contributed by atoms with van der Waals surface area (Å²) < 4.78 is 1.78. The zero-order valence-electron chi connectivity index (χ0n) is 15.9. The normalized spacial score (nSPS) is 15.3. The Hall–Kier alpha value is -2.80. The van der Waals surface area contributed by atoms with Crippen molar-refractivity contribution in [2.45, 2.75) is 26.8 Å². The van der Waals surface area contributed by atoms with Gasteiger partial charge in [0.15, 0.2) is 0 Å². The lowest BCUT2D eigenvalue weighted by Gasteiger charge is -2.36. The van der Waals surface area contributed by atoms with E-state index in [4.69, 9.17) is 4.98 Å². The van der Waals surface area contributed by atoms with E-state index >= 15 is 0 Å². The van der Waals surface area contributed by atoms with Gasteiger partial charge in [-0.15, -0.1) is 0 Å². The fourth-order valence-corrected chi connectivity index (χ4v) is 3.48. The van der Waals surface area contributed by atoms with Gasteiger partial charge in [-0.1, -0.05) is 19.1 Å². The van der Waals surface area contributed by atoms with E-state index in [0.717, 1.165) is 56.5 Å². The van der Waals surface area contributed by atoms with Gasteiger partial charge in [0.1, 0.15) is 24.3 Å². The third kappa shape index (κ3) is 3.98. The fourth-order valence-electron chi connectivity index (χ4n) is 3.48. The zero-order valence-corrected chi connectivity index (χ0v) is 15.9. The van der Waals surface area contributed by atoms with Crippen LogP contribution in [0.2, 0.25) is 0 Å². The van der Waals surface area contributed by atoms with Crippen LogP contribution < -0.4 is 4.90 Å². The molecule has 0 saturated carbocycles. The summed E-state index contributed by atoms with van der Waals surface area (Å²) in [5, 5.41) is 4.17. The van der Waals surface area contributed by atoms with Crippen LogP contribution >= 0.6 is 0 Å². The molecule has 0 atom stereocenters. The molecule has 0 spiro atoms. The molecule has 140 valence electrons. The van der Waals surface area contributed by atoms with Gasteiger partial charge in [0.25, 0.3) is 0 Å². The van der Waals surface area contributed by atoms with E-state index in [-0.39, 0.29) is 0 Å². The summed E-state index contributed by atoms with van der Waals surface area (Å²) >= 11 is 0. The highest BCUT2D eigenvalue weighted by molar-refractivity contribution is 5.46. The van der Waals surface area contributed by atoms with E-state index in [1.165, 1.54) is 11.1 Å². The highest BCUT2D eigenvalue weighted by atomic mass is 15.3. The average Bonchev–Trinajstić information content (AvgIpc) is 3.24. The van der Waals surface area contributed by atoms with Crippen molar-refractivity contribution in [1.82, 2.24) is 29.6 Å². The van der Waals surface area contributed by atoms with Crippen molar-refractivity contribution in [3.63, 3.8) is 0 Å². The number of rotatable bonds is 5. The lowest BCUT2D eigenvalue weighted by Crippen LogP contribution is -2.46. The molecule has 0 amide bonds. The molecule has 0 bridgehead atoms. The number of piperazine rings is 1. The first-order valence-corrected chi connectivity index (χ1v) is 9.46. The van der Waals surface area contributed by atoms with Crippen LogP contribution in [0, 0.1) is 6.92 Å². The van der Waals surface area contributed by atoms with Crippen LogP contribution in [-0.2, 0) is 13.0 Å². The molecule has 1 saturated heterocycles. The molecule has 1 aromatic carbocycles. The van der Waals surface area contributed by atoms with Gasteiger partial charge in [-0.25, -0.2) is 19.6 Å². The molecule has 1 aliphatic rings. The van der Waals surface area contributed by atoms with Crippen molar-refractivity contribution in [2.75, 3.05) is 31.1 Å². The average molecular weight is 363 g/mol. The SMILES string of the molecule is CCc1cnc(C)nc1N1CCN(Cc2ccc(-n3cncn3)cc2)CC1. The van der Waals surface area contributed by atoms with Crippen molar-refractivity contribution in [1.29, 1.82) is 0 Å². The topological polar surface area (TPSA) is 63.0 Å². The number of anilines is 1. The first-order chi connectivity index (χ1) is 13.2. The summed E-state index contributed by atoms with van der Waals surface area (Å²) in [5.74, 6) is 1.96. The predicted molar refractivity (Wildman–Crippen MR) is 105 cm³/mol. The van der Waals surface area contributed by atoms with Crippen molar-refractivity contribution in [3.05, 3.63) is 60.1 Å². The van der Waals surface area contributed by atoms with Gasteiger partial charge in [0.05, 0.1) is 5.69 Å². The molecular formula is C20H25N7. The van der Waals surface area contributed by atoms with Crippen molar-refractivity contribution < 1.29 is 0 Å². The Labute approximate surface area is 159 Å². The summed E-state index contributed by atoms with van der Waals surface area (Å²) in [6, 6.07) is 8.54. The second-order valence-corrected chi connectivity index (χ2v) is 6.89. The Kier molecular flexibility index (Phi) is 5.11. The van der Waals surface area contributed by atoms with E-state index in [0.29, 0.717) is 0 Å². The van der Waals surface area contributed by atoms with Gasteiger partial charge in [-0.3, -0.25) is 4.90 Å². The molecular weight excluding hydrogens is 338 g/mol. The van der Waals surface area contributed by atoms with Crippen LogP contribution in [0.15, 0.2) is 43.1 Å². The molecule has 0 radical (unpaired) electrons. The minimum atomic E-state index is 0.845. The number of hydrogen-bond acceptors (Lipinski definition) is 6. The van der Waals surface area contributed by atoms with E-state index in [1.54, 1.807) is 17.3 Å². The lowest BCUT2D eigenvalue weighted by atomic mass is 10.1. The highest BCUT2D eigenvalue weighted by Gasteiger charge is 2.20. The number of benzene rings is 1. The fraction of sp³-hybridized carbons (Fsp3) is 0.400. The molecule has 4 rings (SSSR count). The summed E-state index contributed by atoms with van der Waals surface area (Å²) in [6.45, 7) is 9.17. The van der Waals surface area contributed by atoms with Crippen LogP contribution in [0.5, 0.6) is 0 Å². The molecule has 2 aromatic heterocycles. The molecule has 27 heavy (non-hydrogen) atoms. The van der Waals surface area contributed by atoms with Crippen LogP contribution in [-0.4, -0.2) is 55.8 Å². The second-order valence-electron chi connectivity index (χ2n) is 6.89. The summed E-state index contributed by atoms with van der Waals surface area (Å²) in [6.07, 6.45) is 6.21. The molecule has 0 N–H and O–H groups in total. The van der Waals surface area contributed by atoms with Crippen LogP contribution in [0.1, 0.15) is 23.9 Å². The molecule has 0 aliphatic carbocycles. The van der Waals surface area contributed by atoms with Crippen LogP contribution in [0.4, 0.5) is 5.82 Å². The maximum atomic E-state index is 4.69. The maximum absolute atomic E-state index is 4.69. The predicted octanol–water partition coefficient (Wildman–Crippen LogP) is 2.25. The van der Waals surface area contributed by atoms with E-state index in [1.807, 2.05) is 13.1 Å². The zero-order chi connectivity index (χ0) is 18.6. The maximum Gasteiger partial charge on any atom is 0.138 e. The number of hydrogen-bond donors (Lipinski definition) is 0. The third-order valence-electron chi connectivity index (χ3n) is 5.04. The third-order valence-corrected chi connectivity index (χ3v) is 5.04. The Morgan fingerprint density at radius 1 is 1.04 bits per heavy atom. The second kappa shape index (κ2) is 7.84. The summed E-state index contributed by atoms with van der Waals surface area (Å²) in [5.41, 5.74) is 3.59. The van der Waals surface area contributed by atoms with E-state index in [2.05, 4.69) is 56.1 Å². The highest BCUT2D eigenvalue weighted by Crippen LogP contribution is 2.20. The number of nitrogens with zero attached hydrogens (tertiary/aromatic N) is 7. The van der Waals surface area contributed by atoms with E-state index < -0.39 is 0 Å². The molecule has 0 unspecified atom stereocenters. The minimum Gasteiger partial charge on any atom is -0.354 e. The first-order valence-electron chi connectivity index (χ1n) is 9.46. The Bertz CT molecular complexity index is 866. The Morgan fingerprint density at radius 2 is 1.81 bits per heavy atom. The summed E-state index contributed by atoms with van der Waals surface area (Å²) in [4.78, 5) is 17.9. The smallest absolute Gasteiger partial charge is 0.138 e. The van der Waals surface area contributed by atoms with Crippen molar-refractivity contribution >= 4 is 5.82 Å². The van der Waals surface area contributed by atoms with Gasteiger partial charge >= 0.3 is 0 Å². The van der Waals surface area contributed by atoms with Gasteiger partial charge in [-0.05, 0) is 31.0 Å². The quantitative estimate of drug-likeness (QED) is 0.693. The number of aryl methyl sites for hydroxylation is 2. The van der Waals surface area contributed by atoms with Gasteiger partial charge in [0, 0.05) is 44.5 Å². The molecule has 7 heteroatoms. The molecule has 3 aromatic rings. The van der Waals surface area contributed by atoms with Gasteiger partial charge in [0.2, 0.25) is 0 Å². The summed E-state index contributed by atoms with van der Waals surface area (Å²) in [7, 11) is 0. The molecule has 1 fully saturated rings.